The second kappa shape index (κ2) is 9.16. The lowest BCUT2D eigenvalue weighted by Crippen LogP contribution is -2.47. The molecule has 144 valence electrons. The van der Waals surface area contributed by atoms with Crippen LogP contribution in [0.25, 0.3) is 0 Å². The van der Waals surface area contributed by atoms with Crippen LogP contribution in [0.2, 0.25) is 0 Å². The summed E-state index contributed by atoms with van der Waals surface area (Å²) in [6, 6.07) is 0. The molecule has 3 aliphatic rings. The van der Waals surface area contributed by atoms with Crippen molar-refractivity contribution in [1.82, 2.24) is 15.5 Å². The molecule has 1 saturated carbocycles. The van der Waals surface area contributed by atoms with Crippen LogP contribution >= 0.6 is 12.4 Å². The predicted molar refractivity (Wildman–Crippen MR) is 95.5 cm³/mol. The molecule has 0 aromatic rings. The minimum atomic E-state index is -0.563. The Kier molecular flexibility index (Phi) is 7.49. The third-order valence-electron chi connectivity index (χ3n) is 5.72. The van der Waals surface area contributed by atoms with Gasteiger partial charge in [-0.3, -0.25) is 9.59 Å². The van der Waals surface area contributed by atoms with E-state index in [1.54, 1.807) is 0 Å². The van der Waals surface area contributed by atoms with Crippen molar-refractivity contribution >= 4 is 24.2 Å². The summed E-state index contributed by atoms with van der Waals surface area (Å²) in [7, 11) is 0. The van der Waals surface area contributed by atoms with E-state index in [2.05, 4.69) is 10.6 Å². The van der Waals surface area contributed by atoms with Gasteiger partial charge >= 0.3 is 0 Å². The van der Waals surface area contributed by atoms with Gasteiger partial charge in [-0.15, -0.1) is 12.4 Å². The monoisotopic (exact) mass is 375 g/mol. The summed E-state index contributed by atoms with van der Waals surface area (Å²) in [5.74, 6) is 0.112. The fraction of sp³-hybridized carbons (Fsp3) is 0.882. The van der Waals surface area contributed by atoms with Crippen molar-refractivity contribution in [3.05, 3.63) is 0 Å². The number of aliphatic hydroxyl groups excluding tert-OH is 1. The average Bonchev–Trinajstić information content (AvgIpc) is 3.23. The highest BCUT2D eigenvalue weighted by molar-refractivity contribution is 5.89. The maximum atomic E-state index is 12.8. The molecule has 3 N–H and O–H groups in total. The van der Waals surface area contributed by atoms with E-state index in [4.69, 9.17) is 4.74 Å². The largest absolute Gasteiger partial charge is 0.391 e. The van der Waals surface area contributed by atoms with Crippen molar-refractivity contribution in [3.63, 3.8) is 0 Å². The van der Waals surface area contributed by atoms with Gasteiger partial charge in [0.2, 0.25) is 11.8 Å². The number of hydrogen-bond acceptors (Lipinski definition) is 5. The maximum Gasteiger partial charge on any atom is 0.226 e. The van der Waals surface area contributed by atoms with Crippen LogP contribution in [-0.2, 0) is 14.3 Å². The standard InChI is InChI=1S/C17H29N3O4.ClH/c21-14-12-18-10-13(14)11-19-16(23)17(3-1-2-4-17)9-15(22)20-5-7-24-8-6-20;/h13-14,18,21H,1-12H2,(H,19,23);1H. The minimum Gasteiger partial charge on any atom is -0.391 e. The number of β-amino-alcohol motifs (C(OH)–C–C–N with tert-alkyl or cyclic N) is 1. The third-order valence-corrected chi connectivity index (χ3v) is 5.72. The molecule has 0 radical (unpaired) electrons. The molecule has 0 bridgehead atoms. The lowest BCUT2D eigenvalue weighted by Gasteiger charge is -2.33. The molecule has 3 fully saturated rings. The van der Waals surface area contributed by atoms with Gasteiger partial charge in [-0.2, -0.15) is 0 Å². The zero-order valence-electron chi connectivity index (χ0n) is 14.7. The van der Waals surface area contributed by atoms with Crippen molar-refractivity contribution < 1.29 is 19.4 Å². The van der Waals surface area contributed by atoms with E-state index in [0.29, 0.717) is 45.8 Å². The molecule has 2 saturated heterocycles. The number of morpholine rings is 1. The Balaban J connectivity index is 0.00000225. The third kappa shape index (κ3) is 4.84. The molecular weight excluding hydrogens is 346 g/mol. The Morgan fingerprint density at radius 2 is 1.88 bits per heavy atom. The van der Waals surface area contributed by atoms with Crippen molar-refractivity contribution in [1.29, 1.82) is 0 Å². The fourth-order valence-electron chi connectivity index (χ4n) is 4.09. The summed E-state index contributed by atoms with van der Waals surface area (Å²) in [5, 5.41) is 16.0. The van der Waals surface area contributed by atoms with E-state index in [-0.39, 0.29) is 30.1 Å². The SMILES string of the molecule is Cl.O=C(CC1(C(=O)NCC2CNCC2O)CCCC1)N1CCOCC1. The molecule has 1 aliphatic carbocycles. The molecule has 2 atom stereocenters. The van der Waals surface area contributed by atoms with E-state index >= 15 is 0 Å². The highest BCUT2D eigenvalue weighted by Gasteiger charge is 2.44. The smallest absolute Gasteiger partial charge is 0.226 e. The quantitative estimate of drug-likeness (QED) is 0.625. The lowest BCUT2D eigenvalue weighted by atomic mass is 9.81. The number of rotatable bonds is 5. The van der Waals surface area contributed by atoms with Crippen molar-refractivity contribution in [2.24, 2.45) is 11.3 Å². The average molecular weight is 376 g/mol. The lowest BCUT2D eigenvalue weighted by molar-refractivity contribution is -0.143. The van der Waals surface area contributed by atoms with Gasteiger partial charge in [0.05, 0.1) is 24.7 Å². The van der Waals surface area contributed by atoms with Crippen molar-refractivity contribution in [2.75, 3.05) is 45.9 Å². The number of amides is 2. The Morgan fingerprint density at radius 3 is 2.48 bits per heavy atom. The number of nitrogens with zero attached hydrogens (tertiary/aromatic N) is 1. The van der Waals surface area contributed by atoms with Crippen LogP contribution < -0.4 is 10.6 Å². The molecule has 0 aromatic heterocycles. The number of carbonyl (C=O) groups is 2. The Bertz CT molecular complexity index is 465. The first kappa shape index (κ1) is 20.4. The summed E-state index contributed by atoms with van der Waals surface area (Å²) in [6.07, 6.45) is 3.44. The molecule has 0 spiro atoms. The van der Waals surface area contributed by atoms with E-state index < -0.39 is 11.5 Å². The summed E-state index contributed by atoms with van der Waals surface area (Å²) < 4.78 is 5.30. The van der Waals surface area contributed by atoms with Gasteiger partial charge in [0, 0.05) is 45.1 Å². The summed E-state index contributed by atoms with van der Waals surface area (Å²) in [5.41, 5.74) is -0.563. The second-order valence-electron chi connectivity index (χ2n) is 7.35. The Labute approximate surface area is 155 Å². The number of carbonyl (C=O) groups excluding carboxylic acids is 2. The first-order valence-electron chi connectivity index (χ1n) is 9.13. The first-order valence-corrected chi connectivity index (χ1v) is 9.13. The molecule has 0 aromatic carbocycles. The van der Waals surface area contributed by atoms with Gasteiger partial charge in [-0.25, -0.2) is 0 Å². The molecular formula is C17H30ClN3O4. The van der Waals surface area contributed by atoms with Crippen LogP contribution in [0.15, 0.2) is 0 Å². The first-order chi connectivity index (χ1) is 11.6. The highest BCUT2D eigenvalue weighted by atomic mass is 35.5. The Morgan fingerprint density at radius 1 is 1.20 bits per heavy atom. The minimum absolute atomic E-state index is 0. The Hall–Kier alpha value is -0.890. The van der Waals surface area contributed by atoms with Crippen LogP contribution in [0.5, 0.6) is 0 Å². The molecule has 2 amide bonds. The normalized spacial score (nSPS) is 28.4. The van der Waals surface area contributed by atoms with Crippen LogP contribution in [0.3, 0.4) is 0 Å². The van der Waals surface area contributed by atoms with Crippen LogP contribution in [-0.4, -0.2) is 73.9 Å². The molecule has 2 unspecified atom stereocenters. The van der Waals surface area contributed by atoms with Crippen LogP contribution in [0, 0.1) is 11.3 Å². The molecule has 3 rings (SSSR count). The van der Waals surface area contributed by atoms with Crippen molar-refractivity contribution in [2.45, 2.75) is 38.2 Å². The molecule has 25 heavy (non-hydrogen) atoms. The molecule has 7 nitrogen and oxygen atoms in total. The second-order valence-corrected chi connectivity index (χ2v) is 7.35. The zero-order chi connectivity index (χ0) is 17.0. The van der Waals surface area contributed by atoms with Gasteiger partial charge in [0.15, 0.2) is 0 Å². The van der Waals surface area contributed by atoms with E-state index in [1.165, 1.54) is 0 Å². The number of aliphatic hydroxyl groups is 1. The zero-order valence-corrected chi connectivity index (χ0v) is 15.5. The molecule has 2 aliphatic heterocycles. The van der Waals surface area contributed by atoms with Gasteiger partial charge < -0.3 is 25.4 Å². The summed E-state index contributed by atoms with van der Waals surface area (Å²) in [4.78, 5) is 27.3. The van der Waals surface area contributed by atoms with E-state index in [9.17, 15) is 14.7 Å². The van der Waals surface area contributed by atoms with E-state index in [0.717, 1.165) is 32.2 Å². The number of nitrogens with one attached hydrogen (secondary N) is 2. The molecule has 8 heteroatoms. The molecule has 2 heterocycles. The summed E-state index contributed by atoms with van der Waals surface area (Å²) >= 11 is 0. The maximum absolute atomic E-state index is 12.8. The highest BCUT2D eigenvalue weighted by Crippen LogP contribution is 2.42. The van der Waals surface area contributed by atoms with Gasteiger partial charge in [-0.05, 0) is 12.8 Å². The van der Waals surface area contributed by atoms with Crippen molar-refractivity contribution in [3.8, 4) is 0 Å². The summed E-state index contributed by atoms with van der Waals surface area (Å²) in [6.45, 7) is 4.19. The van der Waals surface area contributed by atoms with Gasteiger partial charge in [0.1, 0.15) is 0 Å². The van der Waals surface area contributed by atoms with Gasteiger partial charge in [-0.1, -0.05) is 12.8 Å². The number of ether oxygens (including phenoxy) is 1. The predicted octanol–water partition coefficient (Wildman–Crippen LogP) is -0.0860. The van der Waals surface area contributed by atoms with E-state index in [1.807, 2.05) is 4.90 Å². The van der Waals surface area contributed by atoms with Gasteiger partial charge in [0.25, 0.3) is 0 Å². The number of halogens is 1. The number of hydrogen-bond donors (Lipinski definition) is 3. The van der Waals surface area contributed by atoms with Crippen LogP contribution in [0.4, 0.5) is 0 Å². The van der Waals surface area contributed by atoms with Crippen LogP contribution in [0.1, 0.15) is 32.1 Å². The topological polar surface area (TPSA) is 90.9 Å². The fourth-order valence-corrected chi connectivity index (χ4v) is 4.09.